The molecule has 1 aliphatic rings. The summed E-state index contributed by atoms with van der Waals surface area (Å²) in [7, 11) is 0. The normalized spacial score (nSPS) is 14.2. The Kier molecular flexibility index (Phi) is 6.21. The van der Waals surface area contributed by atoms with E-state index in [4.69, 9.17) is 11.6 Å². The predicted octanol–water partition coefficient (Wildman–Crippen LogP) is 6.33. The van der Waals surface area contributed by atoms with E-state index in [1.54, 1.807) is 30.9 Å². The number of benzene rings is 1. The molecule has 1 amide bonds. The van der Waals surface area contributed by atoms with Crippen molar-refractivity contribution in [2.75, 3.05) is 13.1 Å². The Morgan fingerprint density at radius 3 is 2.63 bits per heavy atom. The van der Waals surface area contributed by atoms with Crippen LogP contribution in [0.2, 0.25) is 5.02 Å². The van der Waals surface area contributed by atoms with Crippen molar-refractivity contribution in [2.24, 2.45) is 0 Å². The summed E-state index contributed by atoms with van der Waals surface area (Å²) in [5, 5.41) is 15.0. The lowest BCUT2D eigenvalue weighted by atomic mass is 9.99. The molecule has 4 aromatic heterocycles. The first-order valence-corrected chi connectivity index (χ1v) is 12.5. The van der Waals surface area contributed by atoms with Crippen molar-refractivity contribution in [3.8, 4) is 33.5 Å². The fourth-order valence-corrected chi connectivity index (χ4v) is 5.05. The van der Waals surface area contributed by atoms with Gasteiger partial charge in [-0.15, -0.1) is 0 Å². The van der Waals surface area contributed by atoms with Gasteiger partial charge in [0.1, 0.15) is 5.82 Å². The highest BCUT2D eigenvalue weighted by atomic mass is 35.5. The molecule has 38 heavy (non-hydrogen) atoms. The molecule has 1 saturated heterocycles. The first kappa shape index (κ1) is 24.0. The van der Waals surface area contributed by atoms with Crippen molar-refractivity contribution in [1.82, 2.24) is 29.6 Å². The molecule has 0 bridgehead atoms. The predicted molar refractivity (Wildman–Crippen MR) is 142 cm³/mol. The molecule has 5 aromatic rings. The molecule has 1 aliphatic heterocycles. The smallest absolute Gasteiger partial charge is 0.407 e. The topological polar surface area (TPSA) is 97.0 Å². The largest absolute Gasteiger partial charge is 0.465 e. The molecule has 190 valence electrons. The Balaban J connectivity index is 1.37. The molecular formula is C28H22ClFN6O2. The number of halogens is 2. The Morgan fingerprint density at radius 1 is 1.00 bits per heavy atom. The minimum Gasteiger partial charge on any atom is -0.465 e. The molecule has 0 unspecified atom stereocenters. The van der Waals surface area contributed by atoms with Gasteiger partial charge in [-0.05, 0) is 60.9 Å². The van der Waals surface area contributed by atoms with Gasteiger partial charge in [0.15, 0.2) is 5.65 Å². The number of aromatic nitrogens is 5. The Bertz CT molecular complexity index is 1660. The fraction of sp³-hybridized carbons (Fsp3) is 0.179. The van der Waals surface area contributed by atoms with E-state index in [1.165, 1.54) is 17.0 Å². The summed E-state index contributed by atoms with van der Waals surface area (Å²) < 4.78 is 16.6. The van der Waals surface area contributed by atoms with Crippen molar-refractivity contribution in [3.05, 3.63) is 84.3 Å². The molecule has 0 radical (unpaired) electrons. The lowest BCUT2D eigenvalue weighted by Gasteiger charge is -2.30. The Labute approximate surface area is 222 Å². The second-order valence-electron chi connectivity index (χ2n) is 9.23. The molecule has 5 heterocycles. The third-order valence-corrected chi connectivity index (χ3v) is 7.12. The number of piperidine rings is 1. The first-order valence-electron chi connectivity index (χ1n) is 12.2. The quantitative estimate of drug-likeness (QED) is 0.293. The van der Waals surface area contributed by atoms with Crippen LogP contribution in [-0.4, -0.2) is 53.9 Å². The van der Waals surface area contributed by atoms with Crippen molar-refractivity contribution in [2.45, 2.75) is 18.9 Å². The SMILES string of the molecule is O=C(O)N1CCC(n2cc(-c3cncc(-c4cc(-c5cc(Cl)ccc5F)nc5ncccc45)c3)cn2)CC1. The molecule has 10 heteroatoms. The first-order chi connectivity index (χ1) is 18.5. The highest BCUT2D eigenvalue weighted by molar-refractivity contribution is 6.30. The van der Waals surface area contributed by atoms with Crippen LogP contribution in [0.15, 0.2) is 73.4 Å². The Hall–Kier alpha value is -4.37. The monoisotopic (exact) mass is 528 g/mol. The molecule has 0 atom stereocenters. The van der Waals surface area contributed by atoms with E-state index in [-0.39, 0.29) is 6.04 Å². The average molecular weight is 529 g/mol. The molecule has 1 aromatic carbocycles. The summed E-state index contributed by atoms with van der Waals surface area (Å²) in [6, 6.07) is 12.1. The maximum Gasteiger partial charge on any atom is 0.407 e. The molecule has 0 saturated carbocycles. The maximum absolute atomic E-state index is 14.7. The van der Waals surface area contributed by atoms with Crippen LogP contribution in [0.1, 0.15) is 18.9 Å². The van der Waals surface area contributed by atoms with Gasteiger partial charge in [0.05, 0.1) is 17.9 Å². The number of hydrogen-bond acceptors (Lipinski definition) is 5. The summed E-state index contributed by atoms with van der Waals surface area (Å²) in [4.78, 5) is 26.2. The summed E-state index contributed by atoms with van der Waals surface area (Å²) in [5.74, 6) is -0.420. The molecule has 0 spiro atoms. The van der Waals surface area contributed by atoms with E-state index in [2.05, 4.69) is 20.1 Å². The van der Waals surface area contributed by atoms with Gasteiger partial charge >= 0.3 is 6.09 Å². The van der Waals surface area contributed by atoms with E-state index in [1.807, 2.05) is 35.1 Å². The van der Waals surface area contributed by atoms with E-state index in [0.717, 1.165) is 27.6 Å². The van der Waals surface area contributed by atoms with Crippen LogP contribution in [0.25, 0.3) is 44.5 Å². The number of fused-ring (bicyclic) bond motifs is 1. The zero-order valence-electron chi connectivity index (χ0n) is 20.1. The minimum atomic E-state index is -0.882. The van der Waals surface area contributed by atoms with E-state index in [9.17, 15) is 14.3 Å². The number of hydrogen-bond donors (Lipinski definition) is 1. The van der Waals surface area contributed by atoms with Gasteiger partial charge in [-0.1, -0.05) is 11.6 Å². The van der Waals surface area contributed by atoms with Crippen LogP contribution in [0.5, 0.6) is 0 Å². The molecule has 0 aliphatic carbocycles. The fourth-order valence-electron chi connectivity index (χ4n) is 4.88. The average Bonchev–Trinajstić information content (AvgIpc) is 3.44. The number of likely N-dealkylation sites (tertiary alicyclic amines) is 1. The number of nitrogens with zero attached hydrogens (tertiary/aromatic N) is 6. The minimum absolute atomic E-state index is 0.140. The van der Waals surface area contributed by atoms with Crippen molar-refractivity contribution < 1.29 is 14.3 Å². The molecule has 1 N–H and O–H groups in total. The van der Waals surface area contributed by atoms with Crippen LogP contribution in [0, 0.1) is 5.82 Å². The summed E-state index contributed by atoms with van der Waals surface area (Å²) in [6.45, 7) is 0.982. The molecule has 6 rings (SSSR count). The third-order valence-electron chi connectivity index (χ3n) is 6.88. The molecule has 8 nitrogen and oxygen atoms in total. The van der Waals surface area contributed by atoms with Crippen LogP contribution in [0.3, 0.4) is 0 Å². The highest BCUT2D eigenvalue weighted by Gasteiger charge is 2.24. The van der Waals surface area contributed by atoms with Gasteiger partial charge in [-0.25, -0.2) is 19.2 Å². The standard InChI is InChI=1S/C28H22ClFN6O2/c29-20-3-4-25(30)24(11-20)26-12-23(22-2-1-7-32-27(22)34-26)18-10-17(13-31-14-18)19-15-33-36(16-19)21-5-8-35(9-6-21)28(37)38/h1-4,7,10-16,21H,5-6,8-9H2,(H,37,38). The third kappa shape index (κ3) is 4.56. The van der Waals surface area contributed by atoms with Gasteiger partial charge < -0.3 is 10.0 Å². The number of rotatable bonds is 4. The highest BCUT2D eigenvalue weighted by Crippen LogP contribution is 2.35. The van der Waals surface area contributed by atoms with Gasteiger partial charge in [-0.2, -0.15) is 5.10 Å². The number of carbonyl (C=O) groups is 1. The van der Waals surface area contributed by atoms with Crippen molar-refractivity contribution >= 4 is 28.7 Å². The lowest BCUT2D eigenvalue weighted by Crippen LogP contribution is -2.38. The van der Waals surface area contributed by atoms with Gasteiger partial charge in [0.25, 0.3) is 0 Å². The van der Waals surface area contributed by atoms with Crippen LogP contribution < -0.4 is 0 Å². The summed E-state index contributed by atoms with van der Waals surface area (Å²) >= 11 is 6.15. The Morgan fingerprint density at radius 2 is 1.82 bits per heavy atom. The second kappa shape index (κ2) is 9.83. The van der Waals surface area contributed by atoms with Gasteiger partial charge in [0, 0.05) is 70.5 Å². The lowest BCUT2D eigenvalue weighted by molar-refractivity contribution is 0.124. The van der Waals surface area contributed by atoms with E-state index < -0.39 is 11.9 Å². The van der Waals surface area contributed by atoms with Crippen molar-refractivity contribution in [1.29, 1.82) is 0 Å². The summed E-state index contributed by atoms with van der Waals surface area (Å²) in [6.07, 6.45) is 9.50. The van der Waals surface area contributed by atoms with Crippen molar-refractivity contribution in [3.63, 3.8) is 0 Å². The maximum atomic E-state index is 14.7. The summed E-state index contributed by atoms with van der Waals surface area (Å²) in [5.41, 5.74) is 4.64. The number of carboxylic acid groups (broad SMARTS) is 1. The van der Waals surface area contributed by atoms with Crippen LogP contribution in [0.4, 0.5) is 9.18 Å². The van der Waals surface area contributed by atoms with E-state index >= 15 is 0 Å². The molecule has 1 fully saturated rings. The zero-order chi connectivity index (χ0) is 26.2. The second-order valence-corrected chi connectivity index (χ2v) is 9.66. The van der Waals surface area contributed by atoms with Gasteiger partial charge in [0.2, 0.25) is 0 Å². The molecular weight excluding hydrogens is 507 g/mol. The number of pyridine rings is 3. The van der Waals surface area contributed by atoms with Crippen LogP contribution >= 0.6 is 11.6 Å². The van der Waals surface area contributed by atoms with E-state index in [0.29, 0.717) is 47.9 Å². The zero-order valence-corrected chi connectivity index (χ0v) is 20.9. The van der Waals surface area contributed by atoms with Crippen LogP contribution in [-0.2, 0) is 0 Å². The number of amides is 1. The van der Waals surface area contributed by atoms with Gasteiger partial charge in [-0.3, -0.25) is 9.67 Å².